The standard InChI is InChI=1S/C30H43N3O8S/c1-5-40-30(37)28(19(2)3)32-29(36)22-8-6-20(7-9-22)21-10-12-23(13-11-21)31-17-24(34)18-41-25-14-15-27(35)26(16-25)33-42(4,38)39/h6-9,14-16,19,21,23-24,28,31,33-35H,5,10-13,17-18H2,1-4H3,(H,32,36). The van der Waals surface area contributed by atoms with Crippen molar-refractivity contribution in [2.75, 3.05) is 30.7 Å². The summed E-state index contributed by atoms with van der Waals surface area (Å²) >= 11 is 0. The van der Waals surface area contributed by atoms with Crippen LogP contribution in [-0.4, -0.2) is 74.7 Å². The maximum Gasteiger partial charge on any atom is 0.328 e. The Labute approximate surface area is 248 Å². The number of aliphatic hydroxyl groups excluding tert-OH is 1. The Balaban J connectivity index is 1.42. The highest BCUT2D eigenvalue weighted by Gasteiger charge is 2.27. The molecule has 0 radical (unpaired) electrons. The Morgan fingerprint density at radius 2 is 1.71 bits per heavy atom. The second-order valence-corrected chi connectivity index (χ2v) is 12.8. The summed E-state index contributed by atoms with van der Waals surface area (Å²) in [5, 5.41) is 26.4. The summed E-state index contributed by atoms with van der Waals surface area (Å²) in [5.41, 5.74) is 1.67. The Bertz CT molecular complexity index is 1290. The first-order valence-corrected chi connectivity index (χ1v) is 16.2. The van der Waals surface area contributed by atoms with Gasteiger partial charge in [0.2, 0.25) is 10.0 Å². The van der Waals surface area contributed by atoms with Crippen LogP contribution in [0.5, 0.6) is 11.5 Å². The van der Waals surface area contributed by atoms with Gasteiger partial charge in [0, 0.05) is 24.2 Å². The number of rotatable bonds is 14. The highest BCUT2D eigenvalue weighted by molar-refractivity contribution is 7.92. The van der Waals surface area contributed by atoms with Crippen LogP contribution < -0.4 is 20.1 Å². The molecule has 0 bridgehead atoms. The van der Waals surface area contributed by atoms with E-state index in [9.17, 15) is 28.2 Å². The molecule has 1 saturated carbocycles. The van der Waals surface area contributed by atoms with Crippen molar-refractivity contribution in [1.82, 2.24) is 10.6 Å². The molecule has 11 nitrogen and oxygen atoms in total. The van der Waals surface area contributed by atoms with Crippen molar-refractivity contribution in [1.29, 1.82) is 0 Å². The van der Waals surface area contributed by atoms with Crippen LogP contribution in [0.2, 0.25) is 0 Å². The number of carbonyl (C=O) groups excluding carboxylic acids is 2. The molecule has 1 aliphatic carbocycles. The number of sulfonamides is 1. The van der Waals surface area contributed by atoms with Crippen molar-refractivity contribution < 1.29 is 37.7 Å². The minimum absolute atomic E-state index is 0.00304. The van der Waals surface area contributed by atoms with E-state index in [1.807, 2.05) is 26.0 Å². The number of aliphatic hydroxyl groups is 1. The summed E-state index contributed by atoms with van der Waals surface area (Å²) in [6, 6.07) is 11.3. The highest BCUT2D eigenvalue weighted by Crippen LogP contribution is 2.33. The van der Waals surface area contributed by atoms with Gasteiger partial charge < -0.3 is 30.3 Å². The zero-order valence-electron chi connectivity index (χ0n) is 24.6. The lowest BCUT2D eigenvalue weighted by atomic mass is 9.81. The number of benzene rings is 2. The zero-order chi connectivity index (χ0) is 30.9. The van der Waals surface area contributed by atoms with Crippen molar-refractivity contribution in [2.24, 2.45) is 5.92 Å². The van der Waals surface area contributed by atoms with Crippen LogP contribution in [-0.2, 0) is 19.6 Å². The minimum Gasteiger partial charge on any atom is -0.506 e. The van der Waals surface area contributed by atoms with E-state index in [-0.39, 0.29) is 42.5 Å². The molecule has 3 rings (SSSR count). The van der Waals surface area contributed by atoms with Crippen molar-refractivity contribution >= 4 is 27.6 Å². The van der Waals surface area contributed by atoms with E-state index in [0.29, 0.717) is 23.8 Å². The fourth-order valence-electron chi connectivity index (χ4n) is 4.93. The molecule has 232 valence electrons. The second kappa shape index (κ2) is 15.2. The van der Waals surface area contributed by atoms with Crippen LogP contribution in [0.4, 0.5) is 5.69 Å². The molecule has 1 fully saturated rings. The largest absolute Gasteiger partial charge is 0.506 e. The van der Waals surface area contributed by atoms with Gasteiger partial charge in [-0.1, -0.05) is 26.0 Å². The van der Waals surface area contributed by atoms with Crippen LogP contribution in [0.3, 0.4) is 0 Å². The lowest BCUT2D eigenvalue weighted by Crippen LogP contribution is -2.45. The van der Waals surface area contributed by atoms with E-state index in [1.54, 1.807) is 19.1 Å². The number of ether oxygens (including phenoxy) is 2. The predicted molar refractivity (Wildman–Crippen MR) is 160 cm³/mol. The number of esters is 1. The monoisotopic (exact) mass is 605 g/mol. The van der Waals surface area contributed by atoms with Gasteiger partial charge in [0.15, 0.2) is 0 Å². The fourth-order valence-corrected chi connectivity index (χ4v) is 5.50. The summed E-state index contributed by atoms with van der Waals surface area (Å²) in [6.07, 6.45) is 4.03. The van der Waals surface area contributed by atoms with Gasteiger partial charge in [-0.15, -0.1) is 0 Å². The normalized spacial score (nSPS) is 18.6. The van der Waals surface area contributed by atoms with Crippen LogP contribution in [0.1, 0.15) is 68.3 Å². The molecule has 2 unspecified atom stereocenters. The fraction of sp³-hybridized carbons (Fsp3) is 0.533. The summed E-state index contributed by atoms with van der Waals surface area (Å²) in [5.74, 6) is -0.360. The average molecular weight is 606 g/mol. The van der Waals surface area contributed by atoms with E-state index < -0.39 is 28.1 Å². The van der Waals surface area contributed by atoms with Crippen molar-refractivity contribution in [3.05, 3.63) is 53.6 Å². The molecule has 0 aliphatic heterocycles. The van der Waals surface area contributed by atoms with Crippen molar-refractivity contribution in [2.45, 2.75) is 70.6 Å². The summed E-state index contributed by atoms with van der Waals surface area (Å²) in [7, 11) is -3.56. The molecular formula is C30H43N3O8S. The van der Waals surface area contributed by atoms with Gasteiger partial charge in [-0.05, 0) is 74.3 Å². The minimum atomic E-state index is -3.56. The Morgan fingerprint density at radius 1 is 1.05 bits per heavy atom. The van der Waals surface area contributed by atoms with Gasteiger partial charge in [0.25, 0.3) is 5.91 Å². The number of hydrogen-bond acceptors (Lipinski definition) is 9. The molecule has 2 atom stereocenters. The van der Waals surface area contributed by atoms with Gasteiger partial charge in [-0.2, -0.15) is 0 Å². The lowest BCUT2D eigenvalue weighted by Gasteiger charge is -2.30. The molecule has 0 spiro atoms. The lowest BCUT2D eigenvalue weighted by molar-refractivity contribution is -0.146. The van der Waals surface area contributed by atoms with Crippen LogP contribution in [0.15, 0.2) is 42.5 Å². The van der Waals surface area contributed by atoms with E-state index in [1.165, 1.54) is 23.8 Å². The summed E-state index contributed by atoms with van der Waals surface area (Å²) in [4.78, 5) is 24.9. The number of carbonyl (C=O) groups is 2. The maximum absolute atomic E-state index is 12.7. The second-order valence-electron chi connectivity index (χ2n) is 11.0. The van der Waals surface area contributed by atoms with E-state index >= 15 is 0 Å². The smallest absolute Gasteiger partial charge is 0.328 e. The molecule has 42 heavy (non-hydrogen) atoms. The number of nitrogens with one attached hydrogen (secondary N) is 3. The molecule has 12 heteroatoms. The van der Waals surface area contributed by atoms with Crippen LogP contribution in [0, 0.1) is 5.92 Å². The Hall–Kier alpha value is -3.35. The number of amides is 1. The third-order valence-electron chi connectivity index (χ3n) is 7.21. The van der Waals surface area contributed by atoms with Crippen LogP contribution in [0.25, 0.3) is 0 Å². The molecule has 0 saturated heterocycles. The molecule has 5 N–H and O–H groups in total. The quantitative estimate of drug-likeness (QED) is 0.161. The third kappa shape index (κ3) is 10.2. The van der Waals surface area contributed by atoms with Crippen LogP contribution >= 0.6 is 0 Å². The topological polar surface area (TPSA) is 163 Å². The van der Waals surface area contributed by atoms with E-state index in [2.05, 4.69) is 15.4 Å². The Kier molecular flexibility index (Phi) is 12.0. The molecule has 1 aliphatic rings. The van der Waals surface area contributed by atoms with Gasteiger partial charge >= 0.3 is 5.97 Å². The molecule has 0 heterocycles. The number of anilines is 1. The zero-order valence-corrected chi connectivity index (χ0v) is 25.4. The molecule has 2 aromatic carbocycles. The van der Waals surface area contributed by atoms with Crippen molar-refractivity contribution in [3.8, 4) is 11.5 Å². The third-order valence-corrected chi connectivity index (χ3v) is 7.80. The molecule has 1 amide bonds. The van der Waals surface area contributed by atoms with Gasteiger partial charge in [-0.3, -0.25) is 9.52 Å². The number of phenols is 1. The van der Waals surface area contributed by atoms with Crippen molar-refractivity contribution in [3.63, 3.8) is 0 Å². The molecule has 2 aromatic rings. The van der Waals surface area contributed by atoms with Gasteiger partial charge in [0.05, 0.1) is 18.6 Å². The first-order chi connectivity index (χ1) is 19.9. The predicted octanol–water partition coefficient (Wildman–Crippen LogP) is 3.14. The SMILES string of the molecule is CCOC(=O)C(NC(=O)c1ccc(C2CCC(NCC(O)COc3ccc(O)c(NS(C)(=O)=O)c3)CC2)cc1)C(C)C. The molecule has 0 aromatic heterocycles. The van der Waals surface area contributed by atoms with E-state index in [4.69, 9.17) is 9.47 Å². The van der Waals surface area contributed by atoms with Gasteiger partial charge in [0.1, 0.15) is 30.3 Å². The average Bonchev–Trinajstić information content (AvgIpc) is 2.94. The van der Waals surface area contributed by atoms with Gasteiger partial charge in [-0.25, -0.2) is 13.2 Å². The first-order valence-electron chi connectivity index (χ1n) is 14.3. The number of hydrogen-bond donors (Lipinski definition) is 5. The summed E-state index contributed by atoms with van der Waals surface area (Å²) < 4.78 is 35.8. The van der Waals surface area contributed by atoms with E-state index in [0.717, 1.165) is 31.9 Å². The number of aromatic hydroxyl groups is 1. The Morgan fingerprint density at radius 3 is 2.31 bits per heavy atom. The molecular weight excluding hydrogens is 562 g/mol. The number of phenolic OH excluding ortho intramolecular Hbond substituents is 1. The highest BCUT2D eigenvalue weighted by atomic mass is 32.2. The maximum atomic E-state index is 12.7. The summed E-state index contributed by atoms with van der Waals surface area (Å²) in [6.45, 7) is 6.06. The first kappa shape index (κ1) is 33.2.